The second kappa shape index (κ2) is 3.79. The van der Waals surface area contributed by atoms with Gasteiger partial charge in [0.15, 0.2) is 0 Å². The van der Waals surface area contributed by atoms with Crippen LogP contribution >= 0.6 is 0 Å². The Labute approximate surface area is 82.7 Å². The van der Waals surface area contributed by atoms with Crippen LogP contribution in [-0.4, -0.2) is 40.2 Å². The van der Waals surface area contributed by atoms with Crippen molar-refractivity contribution in [1.82, 2.24) is 20.0 Å². The Morgan fingerprint density at radius 1 is 1.64 bits per heavy atom. The smallest absolute Gasteiger partial charge is 0.236 e. The van der Waals surface area contributed by atoms with Crippen LogP contribution in [0, 0.1) is 0 Å². The van der Waals surface area contributed by atoms with Crippen molar-refractivity contribution in [3.63, 3.8) is 0 Å². The third-order valence-corrected chi connectivity index (χ3v) is 2.32. The van der Waals surface area contributed by atoms with Gasteiger partial charge in [0.25, 0.3) is 0 Å². The van der Waals surface area contributed by atoms with Crippen LogP contribution in [0.5, 0.6) is 0 Å². The lowest BCUT2D eigenvalue weighted by Crippen LogP contribution is -2.47. The van der Waals surface area contributed by atoms with E-state index in [4.69, 9.17) is 0 Å². The molecule has 2 heterocycles. The van der Waals surface area contributed by atoms with Crippen LogP contribution in [-0.2, 0) is 18.4 Å². The molecule has 0 spiro atoms. The fourth-order valence-corrected chi connectivity index (χ4v) is 1.59. The second-order valence-electron chi connectivity index (χ2n) is 3.51. The minimum absolute atomic E-state index is 0.167. The van der Waals surface area contributed by atoms with Gasteiger partial charge in [0.2, 0.25) is 5.91 Å². The summed E-state index contributed by atoms with van der Waals surface area (Å²) in [5.41, 5.74) is 1.09. The molecule has 1 aromatic heterocycles. The number of nitrogens with zero attached hydrogens (tertiary/aromatic N) is 3. The molecule has 14 heavy (non-hydrogen) atoms. The summed E-state index contributed by atoms with van der Waals surface area (Å²) in [5.74, 6) is 0.167. The van der Waals surface area contributed by atoms with E-state index in [1.807, 2.05) is 18.1 Å². The van der Waals surface area contributed by atoms with Gasteiger partial charge < -0.3 is 10.2 Å². The molecule has 1 aromatic rings. The zero-order valence-electron chi connectivity index (χ0n) is 8.23. The van der Waals surface area contributed by atoms with Gasteiger partial charge in [0.1, 0.15) is 0 Å². The highest BCUT2D eigenvalue weighted by molar-refractivity contribution is 5.78. The van der Waals surface area contributed by atoms with Crippen molar-refractivity contribution < 1.29 is 4.79 Å². The first-order valence-electron chi connectivity index (χ1n) is 4.72. The van der Waals surface area contributed by atoms with Crippen molar-refractivity contribution in [3.8, 4) is 0 Å². The van der Waals surface area contributed by atoms with E-state index < -0.39 is 0 Å². The van der Waals surface area contributed by atoms with E-state index in [9.17, 15) is 4.79 Å². The summed E-state index contributed by atoms with van der Waals surface area (Å²) in [5, 5.41) is 7.11. The molecule has 0 saturated carbocycles. The third-order valence-electron chi connectivity index (χ3n) is 2.32. The van der Waals surface area contributed by atoms with Crippen LogP contribution in [0.3, 0.4) is 0 Å². The van der Waals surface area contributed by atoms with Gasteiger partial charge in [-0.3, -0.25) is 9.48 Å². The van der Waals surface area contributed by atoms with Crippen molar-refractivity contribution in [3.05, 3.63) is 18.0 Å². The molecule has 1 aliphatic heterocycles. The van der Waals surface area contributed by atoms with Gasteiger partial charge in [-0.05, 0) is 0 Å². The largest absolute Gasteiger partial charge is 0.336 e. The fourth-order valence-electron chi connectivity index (χ4n) is 1.59. The van der Waals surface area contributed by atoms with Crippen molar-refractivity contribution in [2.75, 3.05) is 19.6 Å². The molecule has 0 aliphatic carbocycles. The summed E-state index contributed by atoms with van der Waals surface area (Å²) in [6, 6.07) is 0. The van der Waals surface area contributed by atoms with Crippen LogP contribution < -0.4 is 5.32 Å². The highest BCUT2D eigenvalue weighted by atomic mass is 16.2. The van der Waals surface area contributed by atoms with E-state index in [2.05, 4.69) is 10.4 Å². The van der Waals surface area contributed by atoms with Gasteiger partial charge in [-0.1, -0.05) is 0 Å². The van der Waals surface area contributed by atoms with Crippen molar-refractivity contribution in [1.29, 1.82) is 0 Å². The lowest BCUT2D eigenvalue weighted by Gasteiger charge is -2.26. The number of piperazine rings is 1. The molecule has 2 rings (SSSR count). The Morgan fingerprint density at radius 2 is 2.50 bits per heavy atom. The predicted octanol–water partition coefficient (Wildman–Crippen LogP) is -0.648. The molecule has 5 nitrogen and oxygen atoms in total. The second-order valence-corrected chi connectivity index (χ2v) is 3.51. The van der Waals surface area contributed by atoms with E-state index in [0.717, 1.165) is 18.7 Å². The van der Waals surface area contributed by atoms with Crippen LogP contribution in [0.1, 0.15) is 5.56 Å². The Bertz CT molecular complexity index is 333. The maximum absolute atomic E-state index is 11.4. The summed E-state index contributed by atoms with van der Waals surface area (Å²) in [6.07, 6.45) is 3.74. The maximum Gasteiger partial charge on any atom is 0.236 e. The Hall–Kier alpha value is -1.36. The number of carbonyl (C=O) groups excluding carboxylic acids is 1. The molecule has 1 N–H and O–H groups in total. The van der Waals surface area contributed by atoms with Gasteiger partial charge >= 0.3 is 0 Å². The number of aromatic nitrogens is 2. The zero-order chi connectivity index (χ0) is 9.97. The number of nitrogens with one attached hydrogen (secondary N) is 1. The molecule has 0 unspecified atom stereocenters. The van der Waals surface area contributed by atoms with Crippen LogP contribution in [0.25, 0.3) is 0 Å². The first kappa shape index (κ1) is 9.21. The Morgan fingerprint density at radius 3 is 3.14 bits per heavy atom. The van der Waals surface area contributed by atoms with Gasteiger partial charge in [-0.2, -0.15) is 5.10 Å². The molecule has 0 atom stereocenters. The normalized spacial score (nSPS) is 17.5. The van der Waals surface area contributed by atoms with Gasteiger partial charge in [-0.15, -0.1) is 0 Å². The van der Waals surface area contributed by atoms with Crippen LogP contribution in [0.15, 0.2) is 12.4 Å². The summed E-state index contributed by atoms with van der Waals surface area (Å²) < 4.78 is 1.75. The van der Waals surface area contributed by atoms with E-state index in [1.54, 1.807) is 10.9 Å². The Kier molecular flexibility index (Phi) is 2.49. The van der Waals surface area contributed by atoms with Crippen LogP contribution in [0.2, 0.25) is 0 Å². The van der Waals surface area contributed by atoms with E-state index in [0.29, 0.717) is 13.1 Å². The van der Waals surface area contributed by atoms with E-state index in [1.165, 1.54) is 0 Å². The number of hydrogen-bond donors (Lipinski definition) is 1. The first-order valence-corrected chi connectivity index (χ1v) is 4.72. The van der Waals surface area contributed by atoms with Crippen LogP contribution in [0.4, 0.5) is 0 Å². The minimum Gasteiger partial charge on any atom is -0.336 e. The zero-order valence-corrected chi connectivity index (χ0v) is 8.23. The topological polar surface area (TPSA) is 50.2 Å². The standard InChI is InChI=1S/C9H14N4O/c1-12-6-8(4-11-12)7-13-3-2-10-5-9(13)14/h4,6,10H,2-3,5,7H2,1H3. The summed E-state index contributed by atoms with van der Waals surface area (Å²) in [6.45, 7) is 2.80. The van der Waals surface area contributed by atoms with Crippen molar-refractivity contribution in [2.45, 2.75) is 6.54 Å². The van der Waals surface area contributed by atoms with Gasteiger partial charge in [-0.25, -0.2) is 0 Å². The fraction of sp³-hybridized carbons (Fsp3) is 0.556. The highest BCUT2D eigenvalue weighted by Crippen LogP contribution is 2.04. The third kappa shape index (κ3) is 1.93. The average Bonchev–Trinajstić information content (AvgIpc) is 2.56. The first-order chi connectivity index (χ1) is 6.75. The Balaban J connectivity index is 1.99. The molecule has 1 saturated heterocycles. The molecule has 0 aromatic carbocycles. The lowest BCUT2D eigenvalue weighted by molar-refractivity contribution is -0.132. The van der Waals surface area contributed by atoms with Crippen molar-refractivity contribution in [2.24, 2.45) is 7.05 Å². The molecule has 76 valence electrons. The molecular formula is C9H14N4O. The van der Waals surface area contributed by atoms with Gasteiger partial charge in [0.05, 0.1) is 12.7 Å². The van der Waals surface area contributed by atoms with Crippen molar-refractivity contribution >= 4 is 5.91 Å². The SMILES string of the molecule is Cn1cc(CN2CCNCC2=O)cn1. The van der Waals surface area contributed by atoms with E-state index in [-0.39, 0.29) is 5.91 Å². The maximum atomic E-state index is 11.4. The number of rotatable bonds is 2. The summed E-state index contributed by atoms with van der Waals surface area (Å²) >= 11 is 0. The minimum atomic E-state index is 0.167. The predicted molar refractivity (Wildman–Crippen MR) is 51.5 cm³/mol. The molecule has 1 aliphatic rings. The van der Waals surface area contributed by atoms with E-state index >= 15 is 0 Å². The number of amides is 1. The number of aryl methyl sites for hydroxylation is 1. The number of hydrogen-bond acceptors (Lipinski definition) is 3. The molecule has 0 bridgehead atoms. The molecule has 1 fully saturated rings. The highest BCUT2D eigenvalue weighted by Gasteiger charge is 2.17. The molecular weight excluding hydrogens is 180 g/mol. The molecule has 0 radical (unpaired) electrons. The summed E-state index contributed by atoms with van der Waals surface area (Å²) in [4.78, 5) is 13.3. The molecule has 1 amide bonds. The van der Waals surface area contributed by atoms with Gasteiger partial charge in [0, 0.05) is 38.4 Å². The molecule has 5 heteroatoms. The summed E-state index contributed by atoms with van der Waals surface area (Å²) in [7, 11) is 1.88. The average molecular weight is 194 g/mol. The number of carbonyl (C=O) groups is 1. The lowest BCUT2D eigenvalue weighted by atomic mass is 10.3. The monoisotopic (exact) mass is 194 g/mol. The quantitative estimate of drug-likeness (QED) is 0.680.